The van der Waals surface area contributed by atoms with Gasteiger partial charge in [0.2, 0.25) is 0 Å². The van der Waals surface area contributed by atoms with Crippen molar-refractivity contribution in [2.45, 2.75) is 111 Å². The van der Waals surface area contributed by atoms with E-state index < -0.39 is 0 Å². The van der Waals surface area contributed by atoms with Gasteiger partial charge in [-0.05, 0) is 111 Å². The first-order chi connectivity index (χ1) is 14.7. The third-order valence-electron chi connectivity index (χ3n) is 11.0. The van der Waals surface area contributed by atoms with Gasteiger partial charge in [0.1, 0.15) is 0 Å². The summed E-state index contributed by atoms with van der Waals surface area (Å²) in [4.78, 5) is 0. The van der Waals surface area contributed by atoms with Gasteiger partial charge in [-0.2, -0.15) is 0 Å². The fourth-order valence-corrected chi connectivity index (χ4v) is 9.09. The maximum atomic E-state index is 6.09. The predicted molar refractivity (Wildman–Crippen MR) is 130 cm³/mol. The van der Waals surface area contributed by atoms with E-state index in [1.54, 1.807) is 5.57 Å². The molecule has 0 aliphatic heterocycles. The highest BCUT2D eigenvalue weighted by Crippen LogP contribution is 2.67. The molecule has 0 aromatic carbocycles. The lowest BCUT2D eigenvalue weighted by Gasteiger charge is -2.58. The molecular weight excluding hydrogens is 380 g/mol. The summed E-state index contributed by atoms with van der Waals surface area (Å²) in [6, 6.07) is 0. The molecule has 4 aliphatic rings. The van der Waals surface area contributed by atoms with Crippen LogP contribution in [0.5, 0.6) is 0 Å². The summed E-state index contributed by atoms with van der Waals surface area (Å²) in [5.74, 6) is 4.99. The highest BCUT2D eigenvalue weighted by Gasteiger charge is 2.59. The standard InChI is InChI=1S/C29H50O2/c1-19(2)8-13-27(31-7)20(3)24-11-12-25-23-10-9-21-18-22(30-6)14-16-28(21,4)26(23)15-17-29(24,25)5/h9,19-20,22-27H,8,10-18H2,1-7H3/t20-,22-,23-,24+,25-,26-,27+,28-,29+/m0/s1. The Morgan fingerprint density at radius 3 is 2.42 bits per heavy atom. The van der Waals surface area contributed by atoms with Crippen LogP contribution >= 0.6 is 0 Å². The average molecular weight is 431 g/mol. The largest absolute Gasteiger partial charge is 0.381 e. The maximum absolute atomic E-state index is 6.09. The molecular formula is C29H50O2. The molecule has 4 aliphatic carbocycles. The van der Waals surface area contributed by atoms with E-state index >= 15 is 0 Å². The molecule has 0 bridgehead atoms. The lowest BCUT2D eigenvalue weighted by molar-refractivity contribution is -0.0744. The SMILES string of the molecule is CO[C@H]1CC[C@@]2(C)C(=CC[C@H]3[C@@H]4CC[C@H]([C@H](C)[C@@H](CCC(C)C)OC)[C@@]4(C)CC[C@@H]32)C1. The van der Waals surface area contributed by atoms with Crippen LogP contribution in [0.4, 0.5) is 0 Å². The molecule has 0 saturated heterocycles. The number of rotatable bonds is 7. The Hall–Kier alpha value is -0.340. The number of fused-ring (bicyclic) bond motifs is 5. The first-order valence-electron chi connectivity index (χ1n) is 13.5. The van der Waals surface area contributed by atoms with Crippen molar-refractivity contribution in [3.63, 3.8) is 0 Å². The fourth-order valence-electron chi connectivity index (χ4n) is 9.09. The molecule has 9 atom stereocenters. The highest BCUT2D eigenvalue weighted by molar-refractivity contribution is 5.25. The van der Waals surface area contributed by atoms with Crippen molar-refractivity contribution < 1.29 is 9.47 Å². The molecule has 0 N–H and O–H groups in total. The van der Waals surface area contributed by atoms with Gasteiger partial charge >= 0.3 is 0 Å². The van der Waals surface area contributed by atoms with Gasteiger partial charge in [-0.1, -0.05) is 46.3 Å². The number of hydrogen-bond donors (Lipinski definition) is 0. The van der Waals surface area contributed by atoms with E-state index in [2.05, 4.69) is 40.7 Å². The van der Waals surface area contributed by atoms with E-state index in [4.69, 9.17) is 9.47 Å². The van der Waals surface area contributed by atoms with Gasteiger partial charge < -0.3 is 9.47 Å². The van der Waals surface area contributed by atoms with Crippen LogP contribution < -0.4 is 0 Å². The van der Waals surface area contributed by atoms with Crippen molar-refractivity contribution in [1.82, 2.24) is 0 Å². The van der Waals surface area contributed by atoms with E-state index in [1.165, 1.54) is 64.2 Å². The Balaban J connectivity index is 1.52. The van der Waals surface area contributed by atoms with Crippen molar-refractivity contribution in [1.29, 1.82) is 0 Å². The summed E-state index contributed by atoms with van der Waals surface area (Å²) in [6.45, 7) is 12.5. The van der Waals surface area contributed by atoms with Gasteiger partial charge in [0.25, 0.3) is 0 Å². The molecule has 3 fully saturated rings. The predicted octanol–water partition coefficient (Wildman–Crippen LogP) is 7.67. The van der Waals surface area contributed by atoms with Crippen LogP contribution in [-0.2, 0) is 9.47 Å². The number of ether oxygens (including phenoxy) is 2. The lowest BCUT2D eigenvalue weighted by atomic mass is 9.47. The first kappa shape index (κ1) is 23.8. The molecule has 0 unspecified atom stereocenters. The Morgan fingerprint density at radius 2 is 1.74 bits per heavy atom. The first-order valence-corrected chi connectivity index (χ1v) is 13.5. The van der Waals surface area contributed by atoms with E-state index in [9.17, 15) is 0 Å². The van der Waals surface area contributed by atoms with Crippen LogP contribution in [0.15, 0.2) is 11.6 Å². The summed E-state index contributed by atoms with van der Waals surface area (Å²) in [6.07, 6.45) is 16.9. The number of hydrogen-bond acceptors (Lipinski definition) is 2. The minimum atomic E-state index is 0.431. The Bertz CT molecular complexity index is 653. The molecule has 31 heavy (non-hydrogen) atoms. The van der Waals surface area contributed by atoms with Crippen molar-refractivity contribution in [2.24, 2.45) is 46.3 Å². The van der Waals surface area contributed by atoms with Gasteiger partial charge in [0, 0.05) is 14.2 Å². The van der Waals surface area contributed by atoms with Crippen molar-refractivity contribution in [2.75, 3.05) is 14.2 Å². The van der Waals surface area contributed by atoms with Crippen LogP contribution in [0.2, 0.25) is 0 Å². The third kappa shape index (κ3) is 4.07. The summed E-state index contributed by atoms with van der Waals surface area (Å²) in [5, 5.41) is 0. The molecule has 0 spiro atoms. The molecule has 0 heterocycles. The molecule has 0 aromatic rings. The Labute approximate surface area is 192 Å². The zero-order valence-electron chi connectivity index (χ0n) is 21.6. The number of allylic oxidation sites excluding steroid dienone is 1. The zero-order valence-corrected chi connectivity index (χ0v) is 21.6. The van der Waals surface area contributed by atoms with E-state index in [-0.39, 0.29) is 0 Å². The monoisotopic (exact) mass is 430 g/mol. The zero-order chi connectivity index (χ0) is 22.4. The van der Waals surface area contributed by atoms with Gasteiger partial charge in [-0.3, -0.25) is 0 Å². The molecule has 3 saturated carbocycles. The van der Waals surface area contributed by atoms with Crippen LogP contribution in [0.3, 0.4) is 0 Å². The van der Waals surface area contributed by atoms with Crippen LogP contribution in [0.25, 0.3) is 0 Å². The summed E-state index contributed by atoms with van der Waals surface area (Å²) in [5.41, 5.74) is 2.70. The molecule has 0 aromatic heterocycles. The van der Waals surface area contributed by atoms with Gasteiger partial charge in [-0.15, -0.1) is 0 Å². The van der Waals surface area contributed by atoms with E-state index in [0.29, 0.717) is 29.0 Å². The van der Waals surface area contributed by atoms with Gasteiger partial charge in [0.15, 0.2) is 0 Å². The molecule has 0 radical (unpaired) electrons. The summed E-state index contributed by atoms with van der Waals surface area (Å²) >= 11 is 0. The minimum absolute atomic E-state index is 0.431. The average Bonchev–Trinajstić information content (AvgIpc) is 3.10. The van der Waals surface area contributed by atoms with E-state index in [0.717, 1.165) is 29.6 Å². The van der Waals surface area contributed by atoms with Crippen LogP contribution in [0, 0.1) is 46.3 Å². The Kier molecular flexibility index (Phi) is 7.01. The van der Waals surface area contributed by atoms with E-state index in [1.807, 2.05) is 14.2 Å². The van der Waals surface area contributed by atoms with Crippen molar-refractivity contribution in [3.8, 4) is 0 Å². The number of methoxy groups -OCH3 is 2. The molecule has 178 valence electrons. The quantitative estimate of drug-likeness (QED) is 0.386. The second-order valence-electron chi connectivity index (χ2n) is 12.7. The fraction of sp³-hybridized carbons (Fsp3) is 0.931. The van der Waals surface area contributed by atoms with Crippen molar-refractivity contribution in [3.05, 3.63) is 11.6 Å². The highest BCUT2D eigenvalue weighted by atomic mass is 16.5. The molecule has 0 amide bonds. The lowest BCUT2D eigenvalue weighted by Crippen LogP contribution is -2.51. The van der Waals surface area contributed by atoms with Crippen LogP contribution in [-0.4, -0.2) is 26.4 Å². The Morgan fingerprint density at radius 1 is 0.968 bits per heavy atom. The normalized spacial score (nSPS) is 44.3. The summed E-state index contributed by atoms with van der Waals surface area (Å²) < 4.78 is 11.9. The maximum Gasteiger partial charge on any atom is 0.0608 e. The molecule has 2 nitrogen and oxygen atoms in total. The minimum Gasteiger partial charge on any atom is -0.381 e. The smallest absolute Gasteiger partial charge is 0.0608 e. The second kappa shape index (κ2) is 9.13. The van der Waals surface area contributed by atoms with Crippen LogP contribution in [0.1, 0.15) is 98.8 Å². The van der Waals surface area contributed by atoms with Gasteiger partial charge in [-0.25, -0.2) is 0 Å². The second-order valence-corrected chi connectivity index (χ2v) is 12.7. The molecule has 2 heteroatoms. The third-order valence-corrected chi connectivity index (χ3v) is 11.0. The topological polar surface area (TPSA) is 18.5 Å². The van der Waals surface area contributed by atoms with Crippen molar-refractivity contribution >= 4 is 0 Å². The molecule has 4 rings (SSSR count). The summed E-state index contributed by atoms with van der Waals surface area (Å²) in [7, 11) is 3.86. The van der Waals surface area contributed by atoms with Gasteiger partial charge in [0.05, 0.1) is 12.2 Å².